The summed E-state index contributed by atoms with van der Waals surface area (Å²) in [5, 5.41) is 0.726. The summed E-state index contributed by atoms with van der Waals surface area (Å²) in [6.45, 7) is 0.533. The lowest BCUT2D eigenvalue weighted by atomic mass is 9.97. The Kier molecular flexibility index (Phi) is 4.63. The van der Waals surface area contributed by atoms with Crippen molar-refractivity contribution in [2.45, 2.75) is 12.8 Å². The van der Waals surface area contributed by atoms with Crippen LogP contribution < -0.4 is 5.73 Å². The lowest BCUT2D eigenvalue weighted by molar-refractivity contribution is -0.108. The fraction of sp³-hybridized carbons (Fsp3) is 0.364. The van der Waals surface area contributed by atoms with Crippen molar-refractivity contribution in [3.63, 3.8) is 0 Å². The highest BCUT2D eigenvalue weighted by Crippen LogP contribution is 2.15. The first-order valence-corrected chi connectivity index (χ1v) is 5.02. The van der Waals surface area contributed by atoms with Crippen molar-refractivity contribution >= 4 is 17.9 Å². The molecule has 0 saturated heterocycles. The van der Waals surface area contributed by atoms with Gasteiger partial charge in [0, 0.05) is 11.4 Å². The molecule has 1 aromatic carbocycles. The van der Waals surface area contributed by atoms with Crippen LogP contribution in [0.15, 0.2) is 24.3 Å². The maximum atomic E-state index is 10.3. The van der Waals surface area contributed by atoms with Gasteiger partial charge in [-0.05, 0) is 36.6 Å². The second kappa shape index (κ2) is 5.78. The van der Waals surface area contributed by atoms with Crippen molar-refractivity contribution in [3.05, 3.63) is 34.9 Å². The molecule has 0 aliphatic heterocycles. The van der Waals surface area contributed by atoms with Crippen molar-refractivity contribution < 1.29 is 4.79 Å². The molecule has 1 atom stereocenters. The van der Waals surface area contributed by atoms with E-state index in [4.69, 9.17) is 17.3 Å². The van der Waals surface area contributed by atoms with Crippen LogP contribution in [0.25, 0.3) is 0 Å². The molecule has 0 heterocycles. The van der Waals surface area contributed by atoms with E-state index < -0.39 is 0 Å². The maximum absolute atomic E-state index is 10.3. The van der Waals surface area contributed by atoms with Gasteiger partial charge in [0.05, 0.1) is 0 Å². The summed E-state index contributed by atoms with van der Waals surface area (Å²) in [4.78, 5) is 10.3. The van der Waals surface area contributed by atoms with Gasteiger partial charge in [-0.2, -0.15) is 0 Å². The molecule has 0 radical (unpaired) electrons. The Labute approximate surface area is 89.1 Å². The number of aldehydes is 1. The van der Waals surface area contributed by atoms with Gasteiger partial charge in [-0.1, -0.05) is 23.7 Å². The van der Waals surface area contributed by atoms with E-state index in [-0.39, 0.29) is 5.92 Å². The summed E-state index contributed by atoms with van der Waals surface area (Å²) in [6, 6.07) is 7.66. The maximum Gasteiger partial charge on any atom is 0.120 e. The number of nitrogens with two attached hydrogens (primary N) is 1. The first-order valence-electron chi connectivity index (χ1n) is 4.64. The van der Waals surface area contributed by atoms with Gasteiger partial charge in [-0.15, -0.1) is 0 Å². The Balaban J connectivity index is 2.61. The Morgan fingerprint density at radius 3 is 2.86 bits per heavy atom. The summed E-state index contributed by atoms with van der Waals surface area (Å²) >= 11 is 5.85. The molecule has 2 nitrogen and oxygen atoms in total. The highest BCUT2D eigenvalue weighted by molar-refractivity contribution is 6.30. The van der Waals surface area contributed by atoms with Crippen LogP contribution in [-0.4, -0.2) is 12.8 Å². The summed E-state index contributed by atoms with van der Waals surface area (Å²) in [5.41, 5.74) is 6.69. The van der Waals surface area contributed by atoms with Crippen molar-refractivity contribution in [2.75, 3.05) is 6.54 Å². The minimum atomic E-state index is 0.228. The lowest BCUT2D eigenvalue weighted by Gasteiger charge is -2.11. The lowest BCUT2D eigenvalue weighted by Crippen LogP contribution is -2.17. The summed E-state index contributed by atoms with van der Waals surface area (Å²) in [6.07, 6.45) is 2.25. The molecule has 0 fully saturated rings. The zero-order chi connectivity index (χ0) is 10.4. The molecule has 0 aromatic heterocycles. The van der Waals surface area contributed by atoms with Gasteiger partial charge in [0.1, 0.15) is 6.29 Å². The number of carbonyl (C=O) groups excluding carboxylic acids is 1. The zero-order valence-electron chi connectivity index (χ0n) is 7.95. The second-order valence-corrected chi connectivity index (χ2v) is 3.77. The first kappa shape index (κ1) is 11.2. The first-order chi connectivity index (χ1) is 6.76. The standard InChI is InChI=1S/C11H14ClNO/c12-11-3-1-2-9(7-11)6-10(8-13)4-5-14/h1-3,5,7,10H,4,6,8,13H2/t10-/m1/s1. The van der Waals surface area contributed by atoms with Crippen LogP contribution in [0.2, 0.25) is 5.02 Å². The van der Waals surface area contributed by atoms with Crippen LogP contribution >= 0.6 is 11.6 Å². The average Bonchev–Trinajstić information content (AvgIpc) is 2.17. The summed E-state index contributed by atoms with van der Waals surface area (Å²) < 4.78 is 0. The Morgan fingerprint density at radius 1 is 1.50 bits per heavy atom. The molecule has 0 saturated carbocycles. The van der Waals surface area contributed by atoms with Crippen molar-refractivity contribution in [1.29, 1.82) is 0 Å². The zero-order valence-corrected chi connectivity index (χ0v) is 8.70. The molecule has 1 aromatic rings. The molecule has 0 aliphatic rings. The number of carbonyl (C=O) groups is 1. The van der Waals surface area contributed by atoms with E-state index in [9.17, 15) is 4.79 Å². The van der Waals surface area contributed by atoms with E-state index in [1.165, 1.54) is 0 Å². The fourth-order valence-electron chi connectivity index (χ4n) is 1.40. The van der Waals surface area contributed by atoms with Crippen molar-refractivity contribution in [2.24, 2.45) is 11.7 Å². The van der Waals surface area contributed by atoms with Gasteiger partial charge in [0.2, 0.25) is 0 Å². The van der Waals surface area contributed by atoms with Crippen LogP contribution in [0.3, 0.4) is 0 Å². The highest BCUT2D eigenvalue weighted by Gasteiger charge is 2.07. The highest BCUT2D eigenvalue weighted by atomic mass is 35.5. The predicted octanol–water partition coefficient (Wildman–Crippen LogP) is 2.05. The van der Waals surface area contributed by atoms with Gasteiger partial charge in [0.15, 0.2) is 0 Å². The van der Waals surface area contributed by atoms with E-state index in [1.807, 2.05) is 24.3 Å². The SMILES string of the molecule is NC[C@H](CC=O)Cc1cccc(Cl)c1. The molecule has 2 N–H and O–H groups in total. The van der Waals surface area contributed by atoms with Gasteiger partial charge in [-0.3, -0.25) is 0 Å². The summed E-state index contributed by atoms with van der Waals surface area (Å²) in [5.74, 6) is 0.228. The quantitative estimate of drug-likeness (QED) is 0.758. The van der Waals surface area contributed by atoms with E-state index in [0.717, 1.165) is 23.3 Å². The molecule has 76 valence electrons. The van der Waals surface area contributed by atoms with Crippen molar-refractivity contribution in [3.8, 4) is 0 Å². The molecule has 3 heteroatoms. The molecule has 0 unspecified atom stereocenters. The van der Waals surface area contributed by atoms with E-state index in [0.29, 0.717) is 13.0 Å². The minimum Gasteiger partial charge on any atom is -0.330 e. The van der Waals surface area contributed by atoms with Crippen LogP contribution in [0.4, 0.5) is 0 Å². The number of hydrogen-bond acceptors (Lipinski definition) is 2. The van der Waals surface area contributed by atoms with Gasteiger partial charge in [-0.25, -0.2) is 0 Å². The third-order valence-corrected chi connectivity index (χ3v) is 2.41. The average molecular weight is 212 g/mol. The number of hydrogen-bond donors (Lipinski definition) is 1. The van der Waals surface area contributed by atoms with Gasteiger partial charge >= 0.3 is 0 Å². The molecule has 1 rings (SSSR count). The van der Waals surface area contributed by atoms with E-state index in [1.54, 1.807) is 0 Å². The summed E-state index contributed by atoms with van der Waals surface area (Å²) in [7, 11) is 0. The molecule has 0 amide bonds. The molecule has 0 aliphatic carbocycles. The normalized spacial score (nSPS) is 12.4. The molecule has 14 heavy (non-hydrogen) atoms. The fourth-order valence-corrected chi connectivity index (χ4v) is 1.61. The third-order valence-electron chi connectivity index (χ3n) is 2.18. The number of rotatable bonds is 5. The molecular weight excluding hydrogens is 198 g/mol. The Bertz CT molecular complexity index is 301. The molecule has 0 spiro atoms. The smallest absolute Gasteiger partial charge is 0.120 e. The van der Waals surface area contributed by atoms with Crippen LogP contribution in [0.1, 0.15) is 12.0 Å². The molecule has 0 bridgehead atoms. The Hall–Kier alpha value is -0.860. The number of benzene rings is 1. The predicted molar refractivity (Wildman–Crippen MR) is 58.4 cm³/mol. The topological polar surface area (TPSA) is 43.1 Å². The second-order valence-electron chi connectivity index (χ2n) is 3.34. The van der Waals surface area contributed by atoms with Gasteiger partial charge in [0.25, 0.3) is 0 Å². The van der Waals surface area contributed by atoms with Crippen LogP contribution in [0, 0.1) is 5.92 Å². The van der Waals surface area contributed by atoms with Crippen LogP contribution in [-0.2, 0) is 11.2 Å². The van der Waals surface area contributed by atoms with E-state index in [2.05, 4.69) is 0 Å². The Morgan fingerprint density at radius 2 is 2.29 bits per heavy atom. The number of halogens is 1. The van der Waals surface area contributed by atoms with Crippen LogP contribution in [0.5, 0.6) is 0 Å². The van der Waals surface area contributed by atoms with Crippen molar-refractivity contribution in [1.82, 2.24) is 0 Å². The molecular formula is C11H14ClNO. The minimum absolute atomic E-state index is 0.228. The van der Waals surface area contributed by atoms with Gasteiger partial charge < -0.3 is 10.5 Å². The largest absolute Gasteiger partial charge is 0.330 e. The monoisotopic (exact) mass is 211 g/mol. The van der Waals surface area contributed by atoms with E-state index >= 15 is 0 Å². The third kappa shape index (κ3) is 3.48.